The molecule has 0 atom stereocenters. The smallest absolute Gasteiger partial charge is 0.240 e. The molecule has 1 saturated carbocycles. The Morgan fingerprint density at radius 1 is 1.38 bits per heavy atom. The van der Waals surface area contributed by atoms with E-state index in [0.29, 0.717) is 24.4 Å². The molecule has 21 heavy (non-hydrogen) atoms. The van der Waals surface area contributed by atoms with Crippen LogP contribution in [0.25, 0.3) is 0 Å². The Morgan fingerprint density at radius 3 is 2.81 bits per heavy atom. The summed E-state index contributed by atoms with van der Waals surface area (Å²) in [7, 11) is -3.63. The predicted molar refractivity (Wildman–Crippen MR) is 76.7 cm³/mol. The zero-order valence-corrected chi connectivity index (χ0v) is 12.3. The van der Waals surface area contributed by atoms with Crippen molar-refractivity contribution in [2.45, 2.75) is 36.6 Å². The van der Waals surface area contributed by atoms with Crippen LogP contribution in [-0.4, -0.2) is 26.9 Å². The van der Waals surface area contributed by atoms with Crippen LogP contribution in [0.3, 0.4) is 0 Å². The van der Waals surface area contributed by atoms with Crippen molar-refractivity contribution < 1.29 is 13.2 Å². The number of hydrogen-bond acceptors (Lipinski definition) is 4. The Balaban J connectivity index is 1.80. The molecule has 0 radical (unpaired) electrons. The van der Waals surface area contributed by atoms with Gasteiger partial charge in [-0.15, -0.1) is 0 Å². The van der Waals surface area contributed by atoms with Gasteiger partial charge in [-0.25, -0.2) is 13.1 Å². The molecule has 0 heterocycles. The second-order valence-corrected chi connectivity index (χ2v) is 6.75. The van der Waals surface area contributed by atoms with Gasteiger partial charge in [-0.05, 0) is 37.5 Å². The number of nitrogens with one attached hydrogen (secondary N) is 2. The number of nitrogens with zero attached hydrogens (tertiary/aromatic N) is 1. The van der Waals surface area contributed by atoms with Gasteiger partial charge in [-0.3, -0.25) is 4.79 Å². The molecule has 112 valence electrons. The molecule has 0 unspecified atom stereocenters. The highest BCUT2D eigenvalue weighted by Crippen LogP contribution is 2.18. The van der Waals surface area contributed by atoms with E-state index in [1.165, 1.54) is 18.2 Å². The average Bonchev–Trinajstić information content (AvgIpc) is 3.27. The zero-order chi connectivity index (χ0) is 15.3. The molecule has 0 aromatic heterocycles. The summed E-state index contributed by atoms with van der Waals surface area (Å²) in [6, 6.07) is 8.04. The maximum Gasteiger partial charge on any atom is 0.240 e. The molecule has 0 spiro atoms. The van der Waals surface area contributed by atoms with Crippen molar-refractivity contribution >= 4 is 15.9 Å². The second kappa shape index (κ2) is 6.70. The summed E-state index contributed by atoms with van der Waals surface area (Å²) in [5, 5.41) is 11.6. The third kappa shape index (κ3) is 4.85. The summed E-state index contributed by atoms with van der Waals surface area (Å²) in [4.78, 5) is 11.5. The van der Waals surface area contributed by atoms with Crippen LogP contribution in [0.2, 0.25) is 0 Å². The van der Waals surface area contributed by atoms with Crippen molar-refractivity contribution in [3.05, 3.63) is 29.8 Å². The minimum absolute atomic E-state index is 0.0387. The molecule has 0 saturated heterocycles. The second-order valence-electron chi connectivity index (χ2n) is 4.98. The van der Waals surface area contributed by atoms with Gasteiger partial charge in [0, 0.05) is 19.0 Å². The van der Waals surface area contributed by atoms with E-state index in [-0.39, 0.29) is 17.3 Å². The van der Waals surface area contributed by atoms with Crippen molar-refractivity contribution in [1.82, 2.24) is 10.0 Å². The third-order valence-electron chi connectivity index (χ3n) is 3.09. The molecule has 6 nitrogen and oxygen atoms in total. The fourth-order valence-corrected chi connectivity index (χ4v) is 2.92. The molecule has 1 fully saturated rings. The van der Waals surface area contributed by atoms with E-state index >= 15 is 0 Å². The van der Waals surface area contributed by atoms with Gasteiger partial charge in [-0.2, -0.15) is 5.26 Å². The molecule has 1 aliphatic carbocycles. The molecule has 1 aliphatic rings. The number of nitriles is 1. The molecule has 0 aliphatic heterocycles. The molecule has 1 aromatic rings. The summed E-state index contributed by atoms with van der Waals surface area (Å²) < 4.78 is 26.5. The highest BCUT2D eigenvalue weighted by molar-refractivity contribution is 7.89. The van der Waals surface area contributed by atoms with E-state index in [4.69, 9.17) is 5.26 Å². The van der Waals surface area contributed by atoms with Gasteiger partial charge in [0.1, 0.15) is 0 Å². The molecular weight excluding hydrogens is 290 g/mol. The minimum atomic E-state index is -3.63. The maximum absolute atomic E-state index is 12.0. The van der Waals surface area contributed by atoms with Crippen LogP contribution in [0.5, 0.6) is 0 Å². The average molecular weight is 307 g/mol. The Kier molecular flexibility index (Phi) is 4.94. The van der Waals surface area contributed by atoms with Crippen LogP contribution in [0.4, 0.5) is 0 Å². The largest absolute Gasteiger partial charge is 0.353 e. The molecule has 2 rings (SSSR count). The van der Waals surface area contributed by atoms with Gasteiger partial charge in [0.05, 0.1) is 16.5 Å². The van der Waals surface area contributed by atoms with Gasteiger partial charge >= 0.3 is 0 Å². The third-order valence-corrected chi connectivity index (χ3v) is 4.55. The first-order chi connectivity index (χ1) is 10.0. The number of carbonyl (C=O) groups excluding carboxylic acids is 1. The van der Waals surface area contributed by atoms with Crippen molar-refractivity contribution in [3.8, 4) is 6.07 Å². The molecule has 0 bridgehead atoms. The summed E-state index contributed by atoms with van der Waals surface area (Å²) in [5.74, 6) is -0.0387. The van der Waals surface area contributed by atoms with Gasteiger partial charge in [-0.1, -0.05) is 6.07 Å². The fraction of sp³-hybridized carbons (Fsp3) is 0.429. The van der Waals surface area contributed by atoms with E-state index in [0.717, 1.165) is 12.8 Å². The lowest BCUT2D eigenvalue weighted by atomic mass is 10.2. The first-order valence-electron chi connectivity index (χ1n) is 6.80. The Hall–Kier alpha value is -1.91. The van der Waals surface area contributed by atoms with Gasteiger partial charge in [0.2, 0.25) is 15.9 Å². The molecular formula is C14H17N3O3S. The van der Waals surface area contributed by atoms with Crippen LogP contribution in [-0.2, 0) is 14.8 Å². The first-order valence-corrected chi connectivity index (χ1v) is 8.29. The lowest BCUT2D eigenvalue weighted by molar-refractivity contribution is -0.121. The number of rotatable bonds is 7. The fourth-order valence-electron chi connectivity index (χ4n) is 1.80. The van der Waals surface area contributed by atoms with Crippen LogP contribution < -0.4 is 10.0 Å². The standard InChI is InChI=1S/C14H17N3O3S/c15-10-11-3-1-4-13(9-11)21(19,20)16-8-2-5-14(18)17-12-6-7-12/h1,3-4,9,12,16H,2,5-8H2,(H,17,18). The van der Waals surface area contributed by atoms with E-state index < -0.39 is 10.0 Å². The highest BCUT2D eigenvalue weighted by Gasteiger charge is 2.22. The molecule has 1 aromatic carbocycles. The number of carbonyl (C=O) groups is 1. The van der Waals surface area contributed by atoms with Crippen LogP contribution in [0, 0.1) is 11.3 Å². The van der Waals surface area contributed by atoms with Crippen LogP contribution in [0.15, 0.2) is 29.2 Å². The topological polar surface area (TPSA) is 99.1 Å². The zero-order valence-electron chi connectivity index (χ0n) is 11.5. The van der Waals surface area contributed by atoms with Crippen molar-refractivity contribution in [1.29, 1.82) is 5.26 Å². The first kappa shape index (κ1) is 15.5. The Morgan fingerprint density at radius 2 is 2.14 bits per heavy atom. The van der Waals surface area contributed by atoms with Crippen LogP contribution in [0.1, 0.15) is 31.2 Å². The monoisotopic (exact) mass is 307 g/mol. The normalized spacial score (nSPS) is 14.4. The van der Waals surface area contributed by atoms with E-state index in [9.17, 15) is 13.2 Å². The summed E-state index contributed by atoms with van der Waals surface area (Å²) in [6.07, 6.45) is 2.81. The Bertz CT molecular complexity index is 660. The number of sulfonamides is 1. The van der Waals surface area contributed by atoms with Gasteiger partial charge in [0.25, 0.3) is 0 Å². The minimum Gasteiger partial charge on any atom is -0.353 e. The van der Waals surface area contributed by atoms with Gasteiger partial charge in [0.15, 0.2) is 0 Å². The summed E-state index contributed by atoms with van der Waals surface area (Å²) in [6.45, 7) is 0.192. The number of benzene rings is 1. The van der Waals surface area contributed by atoms with E-state index in [1.807, 2.05) is 6.07 Å². The lowest BCUT2D eigenvalue weighted by Gasteiger charge is -2.07. The molecule has 7 heteroatoms. The molecule has 1 amide bonds. The van der Waals surface area contributed by atoms with Crippen molar-refractivity contribution in [3.63, 3.8) is 0 Å². The van der Waals surface area contributed by atoms with E-state index in [1.54, 1.807) is 6.07 Å². The number of hydrogen-bond donors (Lipinski definition) is 2. The van der Waals surface area contributed by atoms with Gasteiger partial charge < -0.3 is 5.32 Å². The highest BCUT2D eigenvalue weighted by atomic mass is 32.2. The van der Waals surface area contributed by atoms with Crippen molar-refractivity contribution in [2.24, 2.45) is 0 Å². The number of amides is 1. The van der Waals surface area contributed by atoms with E-state index in [2.05, 4.69) is 10.0 Å². The maximum atomic E-state index is 12.0. The lowest BCUT2D eigenvalue weighted by Crippen LogP contribution is -2.28. The van der Waals surface area contributed by atoms with Crippen molar-refractivity contribution in [2.75, 3.05) is 6.54 Å². The predicted octanol–water partition coefficient (Wildman–Crippen LogP) is 0.895. The summed E-state index contributed by atoms with van der Waals surface area (Å²) in [5.41, 5.74) is 0.293. The van der Waals surface area contributed by atoms with Crippen LogP contribution >= 0.6 is 0 Å². The SMILES string of the molecule is N#Cc1cccc(S(=O)(=O)NCCCC(=O)NC2CC2)c1. The summed E-state index contributed by atoms with van der Waals surface area (Å²) >= 11 is 0. The quantitative estimate of drug-likeness (QED) is 0.731. The molecule has 2 N–H and O–H groups in total. The Labute approximate surface area is 124 Å².